The molecule has 2 amide bonds. The van der Waals surface area contributed by atoms with Gasteiger partial charge in [0.15, 0.2) is 0 Å². The van der Waals surface area contributed by atoms with Gasteiger partial charge in [0.05, 0.1) is 6.04 Å². The van der Waals surface area contributed by atoms with Crippen LogP contribution in [0, 0.1) is 0 Å². The van der Waals surface area contributed by atoms with E-state index < -0.39 is 0 Å². The predicted octanol–water partition coefficient (Wildman–Crippen LogP) is 5.91. The Morgan fingerprint density at radius 3 is 2.54 bits per heavy atom. The van der Waals surface area contributed by atoms with Gasteiger partial charge in [-0.3, -0.25) is 0 Å². The molecule has 1 unspecified atom stereocenters. The van der Waals surface area contributed by atoms with E-state index in [0.717, 1.165) is 36.6 Å². The Kier molecular flexibility index (Phi) is 4.88. The van der Waals surface area contributed by atoms with Gasteiger partial charge in [0.1, 0.15) is 11.5 Å². The van der Waals surface area contributed by atoms with Crippen LogP contribution in [0.1, 0.15) is 24.4 Å². The average Bonchev–Trinajstić information content (AvgIpc) is 3.35. The number of thiophene rings is 1. The number of ether oxygens (including phenoxy) is 1. The van der Waals surface area contributed by atoms with Crippen LogP contribution < -0.4 is 10.1 Å². The molecule has 132 valence electrons. The number of amides is 2. The van der Waals surface area contributed by atoms with Crippen LogP contribution in [0.25, 0.3) is 0 Å². The van der Waals surface area contributed by atoms with Crippen molar-refractivity contribution in [1.82, 2.24) is 4.90 Å². The topological polar surface area (TPSA) is 41.6 Å². The predicted molar refractivity (Wildman–Crippen MR) is 105 cm³/mol. The van der Waals surface area contributed by atoms with Crippen molar-refractivity contribution in [3.05, 3.63) is 77.0 Å². The number of nitrogens with zero attached hydrogens (tertiary/aromatic N) is 1. The molecule has 0 spiro atoms. The molecule has 2 aromatic carbocycles. The molecule has 3 aromatic rings. The number of para-hydroxylation sites is 1. The number of anilines is 1. The van der Waals surface area contributed by atoms with Crippen LogP contribution in [-0.4, -0.2) is 17.5 Å². The van der Waals surface area contributed by atoms with Gasteiger partial charge in [0.2, 0.25) is 0 Å². The Hall–Kier alpha value is -2.79. The Labute approximate surface area is 157 Å². The fourth-order valence-electron chi connectivity index (χ4n) is 3.25. The maximum Gasteiger partial charge on any atom is 0.322 e. The zero-order valence-corrected chi connectivity index (χ0v) is 15.1. The molecule has 0 radical (unpaired) electrons. The third-order valence-electron chi connectivity index (χ3n) is 4.53. The Balaban J connectivity index is 1.40. The molecular formula is C21H20N2O2S. The molecule has 1 aliphatic heterocycles. The first-order valence-electron chi connectivity index (χ1n) is 8.72. The summed E-state index contributed by atoms with van der Waals surface area (Å²) in [6.07, 6.45) is 2.06. The fraction of sp³-hybridized carbons (Fsp3) is 0.190. The summed E-state index contributed by atoms with van der Waals surface area (Å²) < 4.78 is 5.78. The van der Waals surface area contributed by atoms with Gasteiger partial charge in [-0.15, -0.1) is 0 Å². The lowest BCUT2D eigenvalue weighted by atomic mass is 10.1. The number of likely N-dealkylation sites (tertiary alicyclic amines) is 1. The van der Waals surface area contributed by atoms with Crippen LogP contribution >= 0.6 is 11.3 Å². The quantitative estimate of drug-likeness (QED) is 0.625. The zero-order valence-electron chi connectivity index (χ0n) is 14.3. The molecule has 4 rings (SSSR count). The van der Waals surface area contributed by atoms with Crippen molar-refractivity contribution in [2.45, 2.75) is 18.9 Å². The lowest BCUT2D eigenvalue weighted by Crippen LogP contribution is -2.34. The molecule has 0 saturated carbocycles. The number of hydrogen-bond donors (Lipinski definition) is 1. The van der Waals surface area contributed by atoms with Gasteiger partial charge < -0.3 is 15.0 Å². The SMILES string of the molecule is O=C(Nc1ccc(Oc2ccccc2)cc1)N1CCCC1c1ccsc1. The average molecular weight is 364 g/mol. The molecule has 0 aliphatic carbocycles. The molecule has 1 aromatic heterocycles. The van der Waals surface area contributed by atoms with Crippen LogP contribution in [-0.2, 0) is 0 Å². The molecule has 5 heteroatoms. The van der Waals surface area contributed by atoms with Crippen LogP contribution in [0.2, 0.25) is 0 Å². The van der Waals surface area contributed by atoms with Crippen molar-refractivity contribution in [1.29, 1.82) is 0 Å². The molecule has 2 heterocycles. The second-order valence-electron chi connectivity index (χ2n) is 6.28. The second-order valence-corrected chi connectivity index (χ2v) is 7.06. The Morgan fingerprint density at radius 1 is 1.04 bits per heavy atom. The molecule has 26 heavy (non-hydrogen) atoms. The molecule has 1 saturated heterocycles. The van der Waals surface area contributed by atoms with Crippen molar-refractivity contribution in [2.24, 2.45) is 0 Å². The summed E-state index contributed by atoms with van der Waals surface area (Å²) in [7, 11) is 0. The molecule has 1 fully saturated rings. The highest BCUT2D eigenvalue weighted by atomic mass is 32.1. The van der Waals surface area contributed by atoms with Crippen LogP contribution in [0.4, 0.5) is 10.5 Å². The summed E-state index contributed by atoms with van der Waals surface area (Å²) in [5.41, 5.74) is 2.00. The highest BCUT2D eigenvalue weighted by Gasteiger charge is 2.30. The third-order valence-corrected chi connectivity index (χ3v) is 5.23. The number of carbonyl (C=O) groups is 1. The van der Waals surface area contributed by atoms with E-state index in [1.54, 1.807) is 11.3 Å². The summed E-state index contributed by atoms with van der Waals surface area (Å²) >= 11 is 1.67. The summed E-state index contributed by atoms with van der Waals surface area (Å²) in [4.78, 5) is 14.6. The van der Waals surface area contributed by atoms with Crippen LogP contribution in [0.3, 0.4) is 0 Å². The molecule has 4 nitrogen and oxygen atoms in total. The molecule has 1 N–H and O–H groups in total. The van der Waals surface area contributed by atoms with Crippen molar-refractivity contribution < 1.29 is 9.53 Å². The van der Waals surface area contributed by atoms with E-state index in [4.69, 9.17) is 4.74 Å². The summed E-state index contributed by atoms with van der Waals surface area (Å²) in [5.74, 6) is 1.53. The second kappa shape index (κ2) is 7.62. The van der Waals surface area contributed by atoms with Gasteiger partial charge in [0, 0.05) is 12.2 Å². The van der Waals surface area contributed by atoms with E-state index in [0.29, 0.717) is 0 Å². The highest BCUT2D eigenvalue weighted by Crippen LogP contribution is 2.33. The number of carbonyl (C=O) groups excluding carboxylic acids is 1. The first kappa shape index (κ1) is 16.7. The van der Waals surface area contributed by atoms with E-state index in [-0.39, 0.29) is 12.1 Å². The van der Waals surface area contributed by atoms with Crippen LogP contribution in [0.5, 0.6) is 11.5 Å². The van der Waals surface area contributed by atoms with Gasteiger partial charge >= 0.3 is 6.03 Å². The van der Waals surface area contributed by atoms with Crippen molar-refractivity contribution in [3.63, 3.8) is 0 Å². The third kappa shape index (κ3) is 3.73. The molecular weight excluding hydrogens is 344 g/mol. The Bertz CT molecular complexity index is 847. The van der Waals surface area contributed by atoms with Crippen molar-refractivity contribution >= 4 is 23.1 Å². The lowest BCUT2D eigenvalue weighted by Gasteiger charge is -2.24. The number of rotatable bonds is 4. The van der Waals surface area contributed by atoms with E-state index in [9.17, 15) is 4.79 Å². The standard InChI is InChI=1S/C21H20N2O2S/c24-21(23-13-4-7-20(23)16-12-14-26-15-16)22-17-8-10-19(11-9-17)25-18-5-2-1-3-6-18/h1-3,5-6,8-12,14-15,20H,4,7,13H2,(H,22,24). The van der Waals surface area contributed by atoms with Gasteiger partial charge in [-0.2, -0.15) is 11.3 Å². The maximum atomic E-state index is 12.7. The fourth-order valence-corrected chi connectivity index (χ4v) is 3.95. The Morgan fingerprint density at radius 2 is 1.81 bits per heavy atom. The minimum atomic E-state index is -0.0459. The summed E-state index contributed by atoms with van der Waals surface area (Å²) in [5, 5.41) is 7.20. The first-order chi connectivity index (χ1) is 12.8. The number of urea groups is 1. The smallest absolute Gasteiger partial charge is 0.322 e. The maximum absolute atomic E-state index is 12.7. The van der Waals surface area contributed by atoms with E-state index >= 15 is 0 Å². The summed E-state index contributed by atoms with van der Waals surface area (Å²) in [6.45, 7) is 0.793. The zero-order chi connectivity index (χ0) is 17.8. The number of benzene rings is 2. The number of hydrogen-bond acceptors (Lipinski definition) is 3. The molecule has 0 bridgehead atoms. The van der Waals surface area contributed by atoms with E-state index in [2.05, 4.69) is 22.1 Å². The summed E-state index contributed by atoms with van der Waals surface area (Å²) in [6, 6.07) is 19.3. The minimum Gasteiger partial charge on any atom is -0.457 e. The molecule has 1 aliphatic rings. The van der Waals surface area contributed by atoms with Gasteiger partial charge in [0.25, 0.3) is 0 Å². The van der Waals surface area contributed by atoms with Gasteiger partial charge in [-0.05, 0) is 71.6 Å². The highest BCUT2D eigenvalue weighted by molar-refractivity contribution is 7.08. The van der Waals surface area contributed by atoms with Gasteiger partial charge in [-0.25, -0.2) is 4.79 Å². The minimum absolute atomic E-state index is 0.0459. The van der Waals surface area contributed by atoms with Gasteiger partial charge in [-0.1, -0.05) is 18.2 Å². The largest absolute Gasteiger partial charge is 0.457 e. The number of nitrogens with one attached hydrogen (secondary N) is 1. The van der Waals surface area contributed by atoms with E-state index in [1.807, 2.05) is 59.5 Å². The lowest BCUT2D eigenvalue weighted by molar-refractivity contribution is 0.207. The van der Waals surface area contributed by atoms with Crippen LogP contribution in [0.15, 0.2) is 71.4 Å². The van der Waals surface area contributed by atoms with E-state index in [1.165, 1.54) is 5.56 Å². The van der Waals surface area contributed by atoms with Crippen molar-refractivity contribution in [2.75, 3.05) is 11.9 Å². The molecule has 1 atom stereocenters. The van der Waals surface area contributed by atoms with Crippen molar-refractivity contribution in [3.8, 4) is 11.5 Å². The monoisotopic (exact) mass is 364 g/mol. The first-order valence-corrected chi connectivity index (χ1v) is 9.66. The normalized spacial score (nSPS) is 16.5.